The van der Waals surface area contributed by atoms with Gasteiger partial charge in [-0.25, -0.2) is 0 Å². The zero-order valence-corrected chi connectivity index (χ0v) is 15.7. The van der Waals surface area contributed by atoms with Crippen LogP contribution in [0.2, 0.25) is 0 Å². The van der Waals surface area contributed by atoms with Gasteiger partial charge in [-0.15, -0.1) is 0 Å². The molecule has 2 rings (SSSR count). The predicted octanol–water partition coefficient (Wildman–Crippen LogP) is 2.04. The molecule has 2 aromatic heterocycles. The molecule has 2 heterocycles. The summed E-state index contributed by atoms with van der Waals surface area (Å²) in [4.78, 5) is 24.7. The number of carbonyl (C=O) groups excluding carboxylic acids is 2. The SMILES string of the molecule is CCn1cc(NC(=O)c2nn(C)cc2Br)c(C(=O)NCC(C)C)n1. The maximum Gasteiger partial charge on any atom is 0.277 e. The molecule has 0 atom stereocenters. The Balaban J connectivity index is 2.22. The van der Waals surface area contributed by atoms with Gasteiger partial charge in [0.2, 0.25) is 0 Å². The lowest BCUT2D eigenvalue weighted by atomic mass is 10.2. The van der Waals surface area contributed by atoms with E-state index in [4.69, 9.17) is 0 Å². The summed E-state index contributed by atoms with van der Waals surface area (Å²) in [6.07, 6.45) is 3.32. The second-order valence-corrected chi connectivity index (χ2v) is 6.66. The van der Waals surface area contributed by atoms with Crippen LogP contribution in [0, 0.1) is 5.92 Å². The summed E-state index contributed by atoms with van der Waals surface area (Å²) < 4.78 is 3.72. The third-order valence-corrected chi connectivity index (χ3v) is 3.80. The Morgan fingerprint density at radius 1 is 1.21 bits per heavy atom. The minimum absolute atomic E-state index is 0.193. The van der Waals surface area contributed by atoms with Crippen molar-refractivity contribution in [3.63, 3.8) is 0 Å². The lowest BCUT2D eigenvalue weighted by molar-refractivity contribution is 0.0944. The fourth-order valence-electron chi connectivity index (χ4n) is 2.02. The fourth-order valence-corrected chi connectivity index (χ4v) is 2.57. The van der Waals surface area contributed by atoms with Crippen LogP contribution in [0.1, 0.15) is 41.7 Å². The van der Waals surface area contributed by atoms with E-state index in [9.17, 15) is 9.59 Å². The molecule has 0 aromatic carbocycles. The van der Waals surface area contributed by atoms with E-state index >= 15 is 0 Å². The second-order valence-electron chi connectivity index (χ2n) is 5.80. The lowest BCUT2D eigenvalue weighted by Crippen LogP contribution is -2.29. The maximum absolute atomic E-state index is 12.4. The highest BCUT2D eigenvalue weighted by atomic mass is 79.9. The molecule has 0 bridgehead atoms. The zero-order valence-electron chi connectivity index (χ0n) is 14.1. The third-order valence-electron chi connectivity index (χ3n) is 3.22. The Labute approximate surface area is 148 Å². The van der Waals surface area contributed by atoms with Crippen molar-refractivity contribution in [3.8, 4) is 0 Å². The van der Waals surface area contributed by atoms with Gasteiger partial charge in [0.25, 0.3) is 11.8 Å². The molecule has 8 nitrogen and oxygen atoms in total. The first-order valence-electron chi connectivity index (χ1n) is 7.68. The van der Waals surface area contributed by atoms with Crippen LogP contribution in [0.3, 0.4) is 0 Å². The molecule has 0 aliphatic rings. The predicted molar refractivity (Wildman–Crippen MR) is 93.9 cm³/mol. The topological polar surface area (TPSA) is 93.8 Å². The fraction of sp³-hybridized carbons (Fsp3) is 0.467. The van der Waals surface area contributed by atoms with Gasteiger partial charge in [-0.1, -0.05) is 13.8 Å². The lowest BCUT2D eigenvalue weighted by Gasteiger charge is -2.07. The van der Waals surface area contributed by atoms with Crippen LogP contribution in [-0.2, 0) is 13.6 Å². The Morgan fingerprint density at radius 2 is 1.92 bits per heavy atom. The van der Waals surface area contributed by atoms with E-state index in [-0.39, 0.29) is 17.3 Å². The highest BCUT2D eigenvalue weighted by Gasteiger charge is 2.21. The summed E-state index contributed by atoms with van der Waals surface area (Å²) in [5.74, 6) is -0.396. The van der Waals surface area contributed by atoms with E-state index < -0.39 is 5.91 Å². The Kier molecular flexibility index (Phi) is 5.76. The highest BCUT2D eigenvalue weighted by Crippen LogP contribution is 2.19. The second kappa shape index (κ2) is 7.61. The number of nitrogens with one attached hydrogen (secondary N) is 2. The summed E-state index contributed by atoms with van der Waals surface area (Å²) in [6, 6.07) is 0. The molecular weight excluding hydrogens is 376 g/mol. The smallest absolute Gasteiger partial charge is 0.277 e. The summed E-state index contributed by atoms with van der Waals surface area (Å²) in [5, 5.41) is 13.9. The number of aryl methyl sites for hydroxylation is 2. The average Bonchev–Trinajstić information content (AvgIpc) is 3.07. The van der Waals surface area contributed by atoms with E-state index in [0.29, 0.717) is 29.2 Å². The quantitative estimate of drug-likeness (QED) is 0.780. The van der Waals surface area contributed by atoms with Crippen LogP contribution < -0.4 is 10.6 Å². The van der Waals surface area contributed by atoms with Crippen molar-refractivity contribution in [2.75, 3.05) is 11.9 Å². The van der Waals surface area contributed by atoms with E-state index in [0.717, 1.165) is 0 Å². The molecule has 0 aliphatic carbocycles. The molecule has 0 unspecified atom stereocenters. The van der Waals surface area contributed by atoms with Gasteiger partial charge >= 0.3 is 0 Å². The van der Waals surface area contributed by atoms with Crippen LogP contribution in [0.25, 0.3) is 0 Å². The van der Waals surface area contributed by atoms with Gasteiger partial charge in [-0.2, -0.15) is 10.2 Å². The average molecular weight is 397 g/mol. The number of hydrogen-bond acceptors (Lipinski definition) is 4. The molecule has 9 heteroatoms. The van der Waals surface area contributed by atoms with Gasteiger partial charge in [-0.3, -0.25) is 19.0 Å². The first kappa shape index (κ1) is 18.2. The van der Waals surface area contributed by atoms with E-state index in [2.05, 4.69) is 36.8 Å². The van der Waals surface area contributed by atoms with Crippen molar-refractivity contribution in [3.05, 3.63) is 28.3 Å². The molecule has 130 valence electrons. The van der Waals surface area contributed by atoms with Gasteiger partial charge in [-0.05, 0) is 28.8 Å². The minimum atomic E-state index is -0.406. The van der Waals surface area contributed by atoms with Gasteiger partial charge < -0.3 is 10.6 Å². The van der Waals surface area contributed by atoms with Crippen molar-refractivity contribution in [2.45, 2.75) is 27.3 Å². The minimum Gasteiger partial charge on any atom is -0.350 e. The molecule has 0 spiro atoms. The molecule has 24 heavy (non-hydrogen) atoms. The number of aromatic nitrogens is 4. The number of anilines is 1. The number of hydrogen-bond donors (Lipinski definition) is 2. The molecule has 0 radical (unpaired) electrons. The molecule has 0 saturated carbocycles. The first-order chi connectivity index (χ1) is 11.3. The molecule has 2 aromatic rings. The molecule has 0 aliphatic heterocycles. The van der Waals surface area contributed by atoms with Crippen molar-refractivity contribution in [1.82, 2.24) is 24.9 Å². The number of carbonyl (C=O) groups is 2. The Bertz CT molecular complexity index is 749. The Morgan fingerprint density at radius 3 is 2.46 bits per heavy atom. The van der Waals surface area contributed by atoms with Crippen LogP contribution in [0.4, 0.5) is 5.69 Å². The molecule has 0 saturated heterocycles. The summed E-state index contributed by atoms with van der Waals surface area (Å²) in [6.45, 7) is 7.05. The number of nitrogens with zero attached hydrogens (tertiary/aromatic N) is 4. The zero-order chi connectivity index (χ0) is 17.9. The monoisotopic (exact) mass is 396 g/mol. The summed E-state index contributed by atoms with van der Waals surface area (Å²) in [7, 11) is 1.72. The Hall–Kier alpha value is -2.16. The van der Waals surface area contributed by atoms with Crippen molar-refractivity contribution >= 4 is 33.4 Å². The molecule has 2 N–H and O–H groups in total. The third kappa shape index (κ3) is 4.22. The largest absolute Gasteiger partial charge is 0.350 e. The van der Waals surface area contributed by atoms with E-state index in [1.807, 2.05) is 20.8 Å². The van der Waals surface area contributed by atoms with E-state index in [1.165, 1.54) is 4.68 Å². The molecule has 0 fully saturated rings. The van der Waals surface area contributed by atoms with Gasteiger partial charge in [0.1, 0.15) is 0 Å². The van der Waals surface area contributed by atoms with Gasteiger partial charge in [0, 0.05) is 32.5 Å². The molecule has 2 amide bonds. The maximum atomic E-state index is 12.4. The van der Waals surface area contributed by atoms with Gasteiger partial charge in [0.05, 0.1) is 10.2 Å². The first-order valence-corrected chi connectivity index (χ1v) is 8.47. The van der Waals surface area contributed by atoms with Crippen LogP contribution in [0.15, 0.2) is 16.9 Å². The number of halogens is 1. The van der Waals surface area contributed by atoms with Crippen LogP contribution in [-0.4, -0.2) is 37.9 Å². The standard InChI is InChI=1S/C15H21BrN6O2/c1-5-22-8-11(13(20-22)14(23)17-6-9(2)3)18-15(24)12-10(16)7-21(4)19-12/h7-9H,5-6H2,1-4H3,(H,17,23)(H,18,24). The normalized spacial score (nSPS) is 10.9. The van der Waals surface area contributed by atoms with Crippen LogP contribution in [0.5, 0.6) is 0 Å². The molecular formula is C15H21BrN6O2. The number of rotatable bonds is 6. The van der Waals surface area contributed by atoms with Crippen molar-refractivity contribution < 1.29 is 9.59 Å². The summed E-state index contributed by atoms with van der Waals surface area (Å²) >= 11 is 3.29. The summed E-state index contributed by atoms with van der Waals surface area (Å²) in [5.41, 5.74) is 0.800. The van der Waals surface area contributed by atoms with Gasteiger partial charge in [0.15, 0.2) is 11.4 Å². The van der Waals surface area contributed by atoms with Crippen molar-refractivity contribution in [2.24, 2.45) is 13.0 Å². The van der Waals surface area contributed by atoms with Crippen molar-refractivity contribution in [1.29, 1.82) is 0 Å². The van der Waals surface area contributed by atoms with Crippen LogP contribution >= 0.6 is 15.9 Å². The number of amides is 2. The van der Waals surface area contributed by atoms with E-state index in [1.54, 1.807) is 24.1 Å². The highest BCUT2D eigenvalue weighted by molar-refractivity contribution is 9.10.